The number of benzene rings is 3. The lowest BCUT2D eigenvalue weighted by molar-refractivity contribution is -0.131. The van der Waals surface area contributed by atoms with Gasteiger partial charge in [-0.3, -0.25) is 19.0 Å². The van der Waals surface area contributed by atoms with Crippen molar-refractivity contribution in [1.29, 1.82) is 0 Å². The van der Waals surface area contributed by atoms with E-state index in [1.807, 2.05) is 24.3 Å². The highest BCUT2D eigenvalue weighted by molar-refractivity contribution is 7.85. The Morgan fingerprint density at radius 1 is 1.02 bits per heavy atom. The zero-order chi connectivity index (χ0) is 28.4. The van der Waals surface area contributed by atoms with Crippen LogP contribution in [0, 0.1) is 11.7 Å². The van der Waals surface area contributed by atoms with Gasteiger partial charge in [-0.05, 0) is 59.9 Å². The molecule has 1 unspecified atom stereocenters. The molecule has 1 aliphatic carbocycles. The lowest BCUT2D eigenvalue weighted by Gasteiger charge is -2.34. The van der Waals surface area contributed by atoms with Crippen molar-refractivity contribution < 1.29 is 31.7 Å². The van der Waals surface area contributed by atoms with Crippen molar-refractivity contribution in [3.63, 3.8) is 0 Å². The van der Waals surface area contributed by atoms with E-state index in [-0.39, 0.29) is 28.4 Å². The molecular formula is C30H28FNO6S2. The van der Waals surface area contributed by atoms with E-state index in [1.54, 1.807) is 30.3 Å². The smallest absolute Gasteiger partial charge is 0.308 e. The summed E-state index contributed by atoms with van der Waals surface area (Å²) < 4.78 is 50.1. The van der Waals surface area contributed by atoms with Crippen LogP contribution in [0.15, 0.2) is 77.7 Å². The van der Waals surface area contributed by atoms with Crippen LogP contribution in [0.25, 0.3) is 10.8 Å². The summed E-state index contributed by atoms with van der Waals surface area (Å²) in [7, 11) is -4.09. The number of halogens is 1. The summed E-state index contributed by atoms with van der Waals surface area (Å²) >= 11 is 1.47. The molecule has 208 valence electrons. The van der Waals surface area contributed by atoms with Gasteiger partial charge in [0.1, 0.15) is 5.82 Å². The highest BCUT2D eigenvalue weighted by Gasteiger charge is 2.40. The Labute approximate surface area is 236 Å². The first-order chi connectivity index (χ1) is 19.1. The van der Waals surface area contributed by atoms with E-state index in [1.165, 1.54) is 41.3 Å². The largest absolute Gasteiger partial charge is 0.416 e. The average molecular weight is 582 g/mol. The Morgan fingerprint density at radius 2 is 1.73 bits per heavy atom. The van der Waals surface area contributed by atoms with Gasteiger partial charge in [0, 0.05) is 36.4 Å². The van der Waals surface area contributed by atoms with E-state index in [4.69, 9.17) is 9.29 Å². The number of carbonyl (C=O) groups is 2. The predicted octanol–water partition coefficient (Wildman–Crippen LogP) is 5.98. The number of fused-ring (bicyclic) bond motifs is 2. The summed E-state index contributed by atoms with van der Waals surface area (Å²) in [5.74, 6) is -0.495. The van der Waals surface area contributed by atoms with Crippen LogP contribution in [0.4, 0.5) is 4.39 Å². The van der Waals surface area contributed by atoms with E-state index in [9.17, 15) is 22.4 Å². The van der Waals surface area contributed by atoms with Gasteiger partial charge in [-0.25, -0.2) is 4.39 Å². The summed E-state index contributed by atoms with van der Waals surface area (Å²) in [6.45, 7) is 2.63. The third-order valence-electron chi connectivity index (χ3n) is 6.95. The van der Waals surface area contributed by atoms with Crippen LogP contribution in [0.2, 0.25) is 0 Å². The Hall–Kier alpha value is -3.44. The summed E-state index contributed by atoms with van der Waals surface area (Å²) in [4.78, 5) is 27.3. The van der Waals surface area contributed by atoms with Crippen molar-refractivity contribution >= 4 is 44.0 Å². The minimum Gasteiger partial charge on any atom is -0.416 e. The maximum absolute atomic E-state index is 14.4. The third-order valence-corrected chi connectivity index (χ3v) is 8.92. The van der Waals surface area contributed by atoms with Gasteiger partial charge in [0.15, 0.2) is 10.8 Å². The van der Waals surface area contributed by atoms with E-state index in [0.29, 0.717) is 23.7 Å². The number of carbonyl (C=O) groups excluding carboxylic acids is 2. The molecule has 1 aliphatic heterocycles. The maximum atomic E-state index is 14.4. The summed E-state index contributed by atoms with van der Waals surface area (Å²) in [5.41, 5.74) is 1.52. The van der Waals surface area contributed by atoms with Crippen LogP contribution in [0.3, 0.4) is 0 Å². The molecule has 0 amide bonds. The van der Waals surface area contributed by atoms with Gasteiger partial charge in [-0.2, -0.15) is 8.42 Å². The van der Waals surface area contributed by atoms with Gasteiger partial charge in [0.05, 0.1) is 10.9 Å². The van der Waals surface area contributed by atoms with Crippen molar-refractivity contribution in [3.8, 4) is 5.06 Å². The third kappa shape index (κ3) is 6.47. The van der Waals surface area contributed by atoms with E-state index >= 15 is 0 Å². The molecule has 4 aromatic rings. The fourth-order valence-corrected chi connectivity index (χ4v) is 6.45. The predicted molar refractivity (Wildman–Crippen MR) is 150 cm³/mol. The lowest BCUT2D eigenvalue weighted by Crippen LogP contribution is -2.38. The van der Waals surface area contributed by atoms with Crippen molar-refractivity contribution in [2.45, 2.75) is 43.7 Å². The molecule has 6 rings (SSSR count). The van der Waals surface area contributed by atoms with Crippen LogP contribution in [0.5, 0.6) is 5.06 Å². The number of ether oxygens (including phenoxy) is 1. The number of nitrogens with zero attached hydrogens (tertiary/aromatic N) is 1. The number of esters is 1. The molecule has 40 heavy (non-hydrogen) atoms. The van der Waals surface area contributed by atoms with Gasteiger partial charge in [0.25, 0.3) is 10.1 Å². The fraction of sp³-hybridized carbons (Fsp3) is 0.267. The quantitative estimate of drug-likeness (QED) is 0.221. The first-order valence-electron chi connectivity index (χ1n) is 12.9. The van der Waals surface area contributed by atoms with Crippen LogP contribution >= 0.6 is 11.3 Å². The number of ketones is 1. The summed E-state index contributed by atoms with van der Waals surface area (Å²) in [6, 6.07) is 19.7. The number of hydrogen-bond donors (Lipinski definition) is 1. The normalized spacial score (nSPS) is 16.0. The zero-order valence-electron chi connectivity index (χ0n) is 21.7. The topological polar surface area (TPSA) is 101 Å². The van der Waals surface area contributed by atoms with Crippen LogP contribution in [-0.2, 0) is 32.7 Å². The average Bonchev–Trinajstić information content (AvgIpc) is 3.69. The number of Topliss-reactive ketones (excluding diaryl/α,β-unsaturated/α-hetero) is 1. The summed E-state index contributed by atoms with van der Waals surface area (Å²) in [5, 5.41) is 2.32. The molecule has 10 heteroatoms. The Balaban J connectivity index is 0.000000194. The molecule has 1 N–H and O–H groups in total. The summed E-state index contributed by atoms with van der Waals surface area (Å²) in [6.07, 6.45) is 2.57. The van der Waals surface area contributed by atoms with Crippen LogP contribution in [-0.4, -0.2) is 36.2 Å². The molecule has 2 heterocycles. The van der Waals surface area contributed by atoms with Crippen molar-refractivity contribution in [3.05, 3.63) is 94.6 Å². The molecule has 1 saturated carbocycles. The van der Waals surface area contributed by atoms with Gasteiger partial charge in [-0.1, -0.05) is 48.5 Å². The molecule has 7 nitrogen and oxygen atoms in total. The van der Waals surface area contributed by atoms with Crippen LogP contribution in [0.1, 0.15) is 41.8 Å². The van der Waals surface area contributed by atoms with E-state index in [2.05, 4.69) is 4.90 Å². The molecule has 1 fully saturated rings. The molecule has 0 bridgehead atoms. The van der Waals surface area contributed by atoms with Gasteiger partial charge in [-0.15, -0.1) is 11.3 Å². The molecular weight excluding hydrogens is 553 g/mol. The zero-order valence-corrected chi connectivity index (χ0v) is 23.4. The Bertz CT molecular complexity index is 1680. The minimum atomic E-state index is -4.09. The molecule has 2 aliphatic rings. The molecule has 0 radical (unpaired) electrons. The van der Waals surface area contributed by atoms with E-state index < -0.39 is 16.2 Å². The second-order valence-electron chi connectivity index (χ2n) is 9.91. The molecule has 1 atom stereocenters. The number of hydrogen-bond acceptors (Lipinski definition) is 7. The monoisotopic (exact) mass is 581 g/mol. The van der Waals surface area contributed by atoms with Crippen molar-refractivity contribution in [1.82, 2.24) is 4.90 Å². The standard InChI is InChI=1S/C20H20FNO3S.C10H8O3S/c1-12(23)25-18-10-14-11-22(9-8-17(14)26-18)19(20(24)13-6-7-13)15-4-2-3-5-16(15)21;11-14(12,13)10-6-5-8-3-1-2-4-9(8)7-10/h2-5,10,13,19H,6-9,11H2,1H3;1-7H,(H,11,12,13). The van der Waals surface area contributed by atoms with Crippen molar-refractivity contribution in [2.24, 2.45) is 5.92 Å². The fourth-order valence-electron chi connectivity index (χ4n) is 4.89. The minimum absolute atomic E-state index is 0.0556. The lowest BCUT2D eigenvalue weighted by atomic mass is 9.95. The second-order valence-corrected chi connectivity index (χ2v) is 12.4. The van der Waals surface area contributed by atoms with Gasteiger partial charge in [0.2, 0.25) is 0 Å². The highest BCUT2D eigenvalue weighted by atomic mass is 32.2. The number of rotatable bonds is 6. The SMILES string of the molecule is CC(=O)Oc1cc2c(s1)CCN(C(C(=O)C1CC1)c1ccccc1F)C2.O=S(=O)(O)c1ccc2ccccc2c1. The highest BCUT2D eigenvalue weighted by Crippen LogP contribution is 2.41. The molecule has 0 spiro atoms. The molecule has 3 aromatic carbocycles. The first-order valence-corrected chi connectivity index (χ1v) is 15.1. The van der Waals surface area contributed by atoms with Crippen LogP contribution < -0.4 is 4.74 Å². The first kappa shape index (κ1) is 28.1. The van der Waals surface area contributed by atoms with Crippen molar-refractivity contribution in [2.75, 3.05) is 6.54 Å². The van der Waals surface area contributed by atoms with E-state index in [0.717, 1.165) is 35.6 Å². The van der Waals surface area contributed by atoms with Gasteiger partial charge < -0.3 is 4.74 Å². The van der Waals surface area contributed by atoms with Gasteiger partial charge >= 0.3 is 5.97 Å². The Kier molecular flexibility index (Phi) is 8.14. The Morgan fingerprint density at radius 3 is 2.40 bits per heavy atom. The maximum Gasteiger partial charge on any atom is 0.308 e. The molecule has 1 aromatic heterocycles. The molecule has 0 saturated heterocycles. The number of thiophene rings is 1. The second kappa shape index (κ2) is 11.6.